The molecule has 0 bridgehead atoms. The Balaban J connectivity index is 1.58. The average Bonchev–Trinajstić information content (AvgIpc) is 3.02. The van der Waals surface area contributed by atoms with E-state index >= 15 is 0 Å². The van der Waals surface area contributed by atoms with Crippen LogP contribution in [0, 0.1) is 5.92 Å². The molecule has 6 nitrogen and oxygen atoms in total. The molecule has 1 aliphatic carbocycles. The van der Waals surface area contributed by atoms with E-state index in [0.717, 1.165) is 49.9 Å². The molecule has 6 heteroatoms. The van der Waals surface area contributed by atoms with Crippen molar-refractivity contribution in [3.05, 3.63) is 41.7 Å². The lowest BCUT2D eigenvalue weighted by Crippen LogP contribution is -2.48. The van der Waals surface area contributed by atoms with Crippen molar-refractivity contribution in [2.45, 2.75) is 44.4 Å². The molecule has 0 amide bonds. The normalized spacial score (nSPS) is 24.9. The Kier molecular flexibility index (Phi) is 5.83. The van der Waals surface area contributed by atoms with Crippen LogP contribution in [0.3, 0.4) is 0 Å². The Morgan fingerprint density at radius 2 is 2.07 bits per heavy atom. The minimum atomic E-state index is -0.106. The van der Waals surface area contributed by atoms with Gasteiger partial charge in [-0.05, 0) is 63.9 Å². The first kappa shape index (κ1) is 20.2. The Bertz CT molecular complexity index is 824. The number of fused-ring (bicyclic) bond motifs is 1. The molecule has 2 aromatic rings. The molecule has 1 aromatic heterocycles. The fraction of sp³-hybridized carbons (Fsp3) is 0.609. The van der Waals surface area contributed by atoms with Crippen LogP contribution < -0.4 is 9.47 Å². The van der Waals surface area contributed by atoms with Crippen molar-refractivity contribution in [3.8, 4) is 11.5 Å². The van der Waals surface area contributed by atoms with Crippen LogP contribution in [0.5, 0.6) is 11.5 Å². The maximum Gasteiger partial charge on any atom is 0.124 e. The van der Waals surface area contributed by atoms with Gasteiger partial charge >= 0.3 is 0 Å². The molecule has 2 aliphatic rings. The van der Waals surface area contributed by atoms with Crippen molar-refractivity contribution < 1.29 is 9.47 Å². The van der Waals surface area contributed by atoms with Crippen molar-refractivity contribution in [1.82, 2.24) is 19.6 Å². The molecule has 0 N–H and O–H groups in total. The maximum absolute atomic E-state index is 6.78. The minimum Gasteiger partial charge on any atom is -0.497 e. The van der Waals surface area contributed by atoms with E-state index in [0.29, 0.717) is 0 Å². The minimum absolute atomic E-state index is 0.106. The third-order valence-corrected chi connectivity index (χ3v) is 6.30. The molecule has 1 spiro atoms. The van der Waals surface area contributed by atoms with Gasteiger partial charge in [0.15, 0.2) is 0 Å². The largest absolute Gasteiger partial charge is 0.497 e. The molecule has 0 unspecified atom stereocenters. The summed E-state index contributed by atoms with van der Waals surface area (Å²) in [6.07, 6.45) is 8.76. The second-order valence-corrected chi connectivity index (χ2v) is 9.13. The van der Waals surface area contributed by atoms with Gasteiger partial charge in [-0.2, -0.15) is 5.10 Å². The summed E-state index contributed by atoms with van der Waals surface area (Å²) in [6, 6.07) is 6.23. The van der Waals surface area contributed by atoms with Crippen molar-refractivity contribution in [2.75, 3.05) is 34.3 Å². The smallest absolute Gasteiger partial charge is 0.124 e. The zero-order valence-electron chi connectivity index (χ0n) is 18.2. The van der Waals surface area contributed by atoms with Crippen LogP contribution in [0.4, 0.5) is 0 Å². The van der Waals surface area contributed by atoms with Gasteiger partial charge < -0.3 is 14.4 Å². The van der Waals surface area contributed by atoms with Crippen molar-refractivity contribution in [2.24, 2.45) is 13.0 Å². The lowest BCUT2D eigenvalue weighted by molar-refractivity contribution is -0.0114. The van der Waals surface area contributed by atoms with E-state index in [4.69, 9.17) is 9.47 Å². The number of ether oxygens (including phenoxy) is 2. The van der Waals surface area contributed by atoms with Crippen molar-refractivity contribution >= 4 is 0 Å². The van der Waals surface area contributed by atoms with E-state index < -0.39 is 0 Å². The summed E-state index contributed by atoms with van der Waals surface area (Å²) >= 11 is 0. The molecular weight excluding hydrogens is 364 g/mol. The van der Waals surface area contributed by atoms with Crippen molar-refractivity contribution in [3.63, 3.8) is 0 Å². The SMILES string of the molecule is COc1ccc2c(c1)CN(Cc1cnn(C)c1)CC1(CCC(CN(C)C)CC1)O2. The highest BCUT2D eigenvalue weighted by atomic mass is 16.5. The molecule has 0 saturated heterocycles. The predicted molar refractivity (Wildman–Crippen MR) is 114 cm³/mol. The van der Waals surface area contributed by atoms with E-state index in [1.165, 1.54) is 30.5 Å². The van der Waals surface area contributed by atoms with E-state index in [1.807, 2.05) is 24.0 Å². The van der Waals surface area contributed by atoms with Crippen molar-refractivity contribution in [1.29, 1.82) is 0 Å². The first-order valence-electron chi connectivity index (χ1n) is 10.7. The van der Waals surface area contributed by atoms with Gasteiger partial charge in [0.05, 0.1) is 13.3 Å². The van der Waals surface area contributed by atoms with Gasteiger partial charge in [-0.25, -0.2) is 0 Å². The highest BCUT2D eigenvalue weighted by molar-refractivity contribution is 5.41. The molecule has 4 rings (SSSR count). The van der Waals surface area contributed by atoms with Gasteiger partial charge in [-0.15, -0.1) is 0 Å². The van der Waals surface area contributed by atoms with Crippen LogP contribution >= 0.6 is 0 Å². The number of methoxy groups -OCH3 is 1. The predicted octanol–water partition coefficient (Wildman–Crippen LogP) is 3.31. The van der Waals surface area contributed by atoms with Crippen LogP contribution in [-0.4, -0.2) is 59.5 Å². The van der Waals surface area contributed by atoms with Gasteiger partial charge in [0.25, 0.3) is 0 Å². The summed E-state index contributed by atoms with van der Waals surface area (Å²) < 4.78 is 14.1. The summed E-state index contributed by atoms with van der Waals surface area (Å²) in [4.78, 5) is 4.83. The number of aryl methyl sites for hydroxylation is 1. The zero-order valence-corrected chi connectivity index (χ0v) is 18.2. The highest BCUT2D eigenvalue weighted by Crippen LogP contribution is 2.41. The van der Waals surface area contributed by atoms with Gasteiger partial charge in [-0.3, -0.25) is 9.58 Å². The standard InChI is InChI=1S/C23H34N4O2/c1-25(2)13-18-7-9-23(10-8-18)17-27(15-19-12-24-26(3)14-19)16-20-11-21(28-4)5-6-22(20)29-23/h5-6,11-12,14,18H,7-10,13,15-17H2,1-4H3. The van der Waals surface area contributed by atoms with E-state index in [-0.39, 0.29) is 5.60 Å². The molecule has 1 saturated carbocycles. The number of nitrogens with zero attached hydrogens (tertiary/aromatic N) is 4. The lowest BCUT2D eigenvalue weighted by Gasteiger charge is -2.42. The molecular formula is C23H34N4O2. The Morgan fingerprint density at radius 3 is 2.72 bits per heavy atom. The van der Waals surface area contributed by atoms with Crippen LogP contribution in [-0.2, 0) is 20.1 Å². The highest BCUT2D eigenvalue weighted by Gasteiger charge is 2.41. The Labute approximate surface area is 174 Å². The van der Waals surface area contributed by atoms with Gasteiger partial charge in [0.1, 0.15) is 17.1 Å². The molecule has 1 aromatic carbocycles. The molecule has 158 valence electrons. The fourth-order valence-electron chi connectivity index (χ4n) is 4.96. The van der Waals surface area contributed by atoms with E-state index in [9.17, 15) is 0 Å². The third kappa shape index (κ3) is 4.75. The lowest BCUT2D eigenvalue weighted by atomic mass is 9.78. The number of aromatic nitrogens is 2. The third-order valence-electron chi connectivity index (χ3n) is 6.30. The summed E-state index contributed by atoms with van der Waals surface area (Å²) in [7, 11) is 8.04. The molecule has 29 heavy (non-hydrogen) atoms. The first-order chi connectivity index (χ1) is 13.9. The number of rotatable bonds is 5. The summed E-state index contributed by atoms with van der Waals surface area (Å²) in [6.45, 7) is 3.87. The fourth-order valence-corrected chi connectivity index (χ4v) is 4.96. The summed E-state index contributed by atoms with van der Waals surface area (Å²) in [5.41, 5.74) is 2.35. The van der Waals surface area contributed by atoms with Crippen LogP contribution in [0.15, 0.2) is 30.6 Å². The summed E-state index contributed by atoms with van der Waals surface area (Å²) in [5.74, 6) is 2.68. The molecule has 1 fully saturated rings. The van der Waals surface area contributed by atoms with E-state index in [2.05, 4.69) is 47.3 Å². The van der Waals surface area contributed by atoms with Crippen LogP contribution in [0.2, 0.25) is 0 Å². The monoisotopic (exact) mass is 398 g/mol. The Morgan fingerprint density at radius 1 is 1.28 bits per heavy atom. The number of hydrogen-bond donors (Lipinski definition) is 0. The number of benzene rings is 1. The number of hydrogen-bond acceptors (Lipinski definition) is 5. The van der Waals surface area contributed by atoms with Gasteiger partial charge in [0, 0.05) is 50.6 Å². The zero-order chi connectivity index (χ0) is 20.4. The molecule has 0 atom stereocenters. The van der Waals surface area contributed by atoms with Gasteiger partial charge in [-0.1, -0.05) is 0 Å². The second kappa shape index (κ2) is 8.36. The van der Waals surface area contributed by atoms with Gasteiger partial charge in [0.2, 0.25) is 0 Å². The van der Waals surface area contributed by atoms with Crippen LogP contribution in [0.1, 0.15) is 36.8 Å². The Hall–Kier alpha value is -2.05. The van der Waals surface area contributed by atoms with Crippen LogP contribution in [0.25, 0.3) is 0 Å². The topological polar surface area (TPSA) is 42.8 Å². The quantitative estimate of drug-likeness (QED) is 0.773. The summed E-state index contributed by atoms with van der Waals surface area (Å²) in [5, 5.41) is 4.35. The molecule has 0 radical (unpaired) electrons. The first-order valence-corrected chi connectivity index (χ1v) is 10.7. The average molecular weight is 399 g/mol. The molecule has 2 heterocycles. The van der Waals surface area contributed by atoms with E-state index in [1.54, 1.807) is 7.11 Å². The molecule has 1 aliphatic heterocycles. The maximum atomic E-state index is 6.78. The second-order valence-electron chi connectivity index (χ2n) is 9.13.